The number of hydrogen-bond donors (Lipinski definition) is 1. The van der Waals surface area contributed by atoms with Gasteiger partial charge in [0.25, 0.3) is 5.91 Å². The SMILES string of the molecule is COC(=O)c1cc(C)sc1NC(=O)c1ccc2c(c1)OCCO2. The number of benzene rings is 1. The Kier molecular flexibility index (Phi) is 4.20. The number of aryl methyl sites for hydroxylation is 1. The Bertz CT molecular complexity index is 768. The second kappa shape index (κ2) is 6.29. The molecule has 0 saturated carbocycles. The lowest BCUT2D eigenvalue weighted by atomic mass is 10.2. The van der Waals surface area contributed by atoms with E-state index in [2.05, 4.69) is 5.32 Å². The van der Waals surface area contributed by atoms with Crippen LogP contribution in [0.1, 0.15) is 25.6 Å². The van der Waals surface area contributed by atoms with E-state index >= 15 is 0 Å². The number of thiophene rings is 1. The van der Waals surface area contributed by atoms with Gasteiger partial charge in [-0.25, -0.2) is 4.79 Å². The van der Waals surface area contributed by atoms with Crippen molar-refractivity contribution in [2.45, 2.75) is 6.92 Å². The molecular weight excluding hydrogens is 318 g/mol. The largest absolute Gasteiger partial charge is 0.486 e. The maximum atomic E-state index is 12.4. The maximum Gasteiger partial charge on any atom is 0.340 e. The highest BCUT2D eigenvalue weighted by atomic mass is 32.1. The number of anilines is 1. The van der Waals surface area contributed by atoms with E-state index in [4.69, 9.17) is 14.2 Å². The van der Waals surface area contributed by atoms with E-state index in [0.29, 0.717) is 40.8 Å². The Hall–Kier alpha value is -2.54. The molecule has 23 heavy (non-hydrogen) atoms. The predicted molar refractivity (Wildman–Crippen MR) is 85.8 cm³/mol. The highest BCUT2D eigenvalue weighted by molar-refractivity contribution is 7.16. The second-order valence-corrected chi connectivity index (χ2v) is 6.16. The zero-order valence-electron chi connectivity index (χ0n) is 12.7. The Morgan fingerprint density at radius 2 is 1.91 bits per heavy atom. The van der Waals surface area contributed by atoms with Crippen LogP contribution in [0.25, 0.3) is 0 Å². The first-order valence-electron chi connectivity index (χ1n) is 6.98. The summed E-state index contributed by atoms with van der Waals surface area (Å²) in [5.41, 5.74) is 0.775. The summed E-state index contributed by atoms with van der Waals surface area (Å²) in [6, 6.07) is 6.67. The molecule has 0 atom stereocenters. The molecule has 0 bridgehead atoms. The molecule has 0 radical (unpaired) electrons. The van der Waals surface area contributed by atoms with Crippen molar-refractivity contribution in [1.29, 1.82) is 0 Å². The topological polar surface area (TPSA) is 73.9 Å². The summed E-state index contributed by atoms with van der Waals surface area (Å²) in [6.45, 7) is 2.81. The fourth-order valence-corrected chi connectivity index (χ4v) is 3.12. The normalized spacial score (nSPS) is 12.6. The van der Waals surface area contributed by atoms with Crippen molar-refractivity contribution >= 4 is 28.2 Å². The summed E-state index contributed by atoms with van der Waals surface area (Å²) in [5, 5.41) is 3.22. The Labute approximate surface area is 137 Å². The molecule has 1 aromatic heterocycles. The van der Waals surface area contributed by atoms with Gasteiger partial charge in [-0.3, -0.25) is 4.79 Å². The van der Waals surface area contributed by atoms with Crippen LogP contribution in [-0.2, 0) is 4.74 Å². The predicted octanol–water partition coefficient (Wildman–Crippen LogP) is 2.87. The van der Waals surface area contributed by atoms with Crippen LogP contribution in [0.15, 0.2) is 24.3 Å². The van der Waals surface area contributed by atoms with Crippen molar-refractivity contribution in [1.82, 2.24) is 0 Å². The number of esters is 1. The van der Waals surface area contributed by atoms with Gasteiger partial charge in [-0.1, -0.05) is 0 Å². The minimum absolute atomic E-state index is 0.325. The highest BCUT2D eigenvalue weighted by Gasteiger charge is 2.19. The minimum Gasteiger partial charge on any atom is -0.486 e. The summed E-state index contributed by atoms with van der Waals surface area (Å²) in [7, 11) is 1.31. The van der Waals surface area contributed by atoms with Crippen molar-refractivity contribution in [2.75, 3.05) is 25.6 Å². The maximum absolute atomic E-state index is 12.4. The van der Waals surface area contributed by atoms with Crippen LogP contribution in [0.5, 0.6) is 11.5 Å². The molecule has 1 amide bonds. The summed E-state index contributed by atoms with van der Waals surface area (Å²) in [5.74, 6) is 0.357. The van der Waals surface area contributed by atoms with Crippen molar-refractivity contribution in [3.05, 3.63) is 40.3 Å². The first-order chi connectivity index (χ1) is 11.1. The summed E-state index contributed by atoms with van der Waals surface area (Å²) in [6.07, 6.45) is 0. The monoisotopic (exact) mass is 333 g/mol. The lowest BCUT2D eigenvalue weighted by Crippen LogP contribution is -2.17. The third kappa shape index (κ3) is 3.14. The van der Waals surface area contributed by atoms with Gasteiger partial charge in [-0.15, -0.1) is 11.3 Å². The number of nitrogens with one attached hydrogen (secondary N) is 1. The van der Waals surface area contributed by atoms with Crippen LogP contribution < -0.4 is 14.8 Å². The van der Waals surface area contributed by atoms with Crippen LogP contribution in [0, 0.1) is 6.92 Å². The molecule has 0 aliphatic carbocycles. The van der Waals surface area contributed by atoms with Gasteiger partial charge in [0.15, 0.2) is 11.5 Å². The van der Waals surface area contributed by atoms with Crippen molar-refractivity contribution < 1.29 is 23.8 Å². The first kappa shape index (κ1) is 15.4. The fourth-order valence-electron chi connectivity index (χ4n) is 2.23. The Morgan fingerprint density at radius 3 is 2.65 bits per heavy atom. The number of rotatable bonds is 3. The number of ether oxygens (including phenoxy) is 3. The molecule has 0 unspecified atom stereocenters. The summed E-state index contributed by atoms with van der Waals surface area (Å²) in [4.78, 5) is 25.1. The number of fused-ring (bicyclic) bond motifs is 1. The third-order valence-electron chi connectivity index (χ3n) is 3.29. The molecule has 1 aliphatic rings. The number of methoxy groups -OCH3 is 1. The van der Waals surface area contributed by atoms with E-state index in [1.807, 2.05) is 6.92 Å². The molecule has 1 aliphatic heterocycles. The molecule has 120 valence electrons. The van der Waals surface area contributed by atoms with Crippen molar-refractivity contribution in [3.63, 3.8) is 0 Å². The molecule has 2 heterocycles. The van der Waals surface area contributed by atoms with E-state index in [1.54, 1.807) is 24.3 Å². The van der Waals surface area contributed by atoms with Crippen LogP contribution >= 0.6 is 11.3 Å². The van der Waals surface area contributed by atoms with Gasteiger partial charge in [-0.05, 0) is 31.2 Å². The zero-order valence-corrected chi connectivity index (χ0v) is 13.5. The van der Waals surface area contributed by atoms with Crippen LogP contribution in [0.4, 0.5) is 5.00 Å². The average Bonchev–Trinajstić information content (AvgIpc) is 2.94. The Morgan fingerprint density at radius 1 is 1.17 bits per heavy atom. The van der Waals surface area contributed by atoms with E-state index in [9.17, 15) is 9.59 Å². The van der Waals surface area contributed by atoms with Crippen LogP contribution in [-0.4, -0.2) is 32.2 Å². The van der Waals surface area contributed by atoms with Gasteiger partial charge in [0.2, 0.25) is 0 Å². The molecule has 1 N–H and O–H groups in total. The molecule has 0 fully saturated rings. The number of hydrogen-bond acceptors (Lipinski definition) is 6. The van der Waals surface area contributed by atoms with Crippen LogP contribution in [0.3, 0.4) is 0 Å². The molecule has 1 aromatic carbocycles. The van der Waals surface area contributed by atoms with Gasteiger partial charge in [0.05, 0.1) is 12.7 Å². The summed E-state index contributed by atoms with van der Waals surface area (Å²) < 4.78 is 15.6. The van der Waals surface area contributed by atoms with Crippen LogP contribution in [0.2, 0.25) is 0 Å². The molecule has 7 heteroatoms. The quantitative estimate of drug-likeness (QED) is 0.874. The highest BCUT2D eigenvalue weighted by Crippen LogP contribution is 2.32. The molecule has 6 nitrogen and oxygen atoms in total. The van der Waals surface area contributed by atoms with E-state index < -0.39 is 5.97 Å². The van der Waals surface area contributed by atoms with Gasteiger partial charge >= 0.3 is 5.97 Å². The van der Waals surface area contributed by atoms with E-state index in [0.717, 1.165) is 4.88 Å². The Balaban J connectivity index is 1.83. The number of carbonyl (C=O) groups excluding carboxylic acids is 2. The molecule has 0 spiro atoms. The lowest BCUT2D eigenvalue weighted by molar-refractivity contribution is 0.0602. The summed E-state index contributed by atoms with van der Waals surface area (Å²) >= 11 is 1.32. The smallest absolute Gasteiger partial charge is 0.340 e. The van der Waals surface area contributed by atoms with Gasteiger partial charge in [0.1, 0.15) is 18.2 Å². The van der Waals surface area contributed by atoms with E-state index in [-0.39, 0.29) is 5.91 Å². The number of amides is 1. The van der Waals surface area contributed by atoms with Gasteiger partial charge in [-0.2, -0.15) is 0 Å². The first-order valence-corrected chi connectivity index (χ1v) is 7.80. The lowest BCUT2D eigenvalue weighted by Gasteiger charge is -2.18. The third-order valence-corrected chi connectivity index (χ3v) is 4.26. The second-order valence-electron chi connectivity index (χ2n) is 4.90. The van der Waals surface area contributed by atoms with Gasteiger partial charge < -0.3 is 19.5 Å². The molecule has 3 rings (SSSR count). The molecule has 0 saturated heterocycles. The molecule has 2 aromatic rings. The standard InChI is InChI=1S/C16H15NO5S/c1-9-7-11(16(19)20-2)15(23-9)17-14(18)10-3-4-12-13(8-10)22-6-5-21-12/h3-4,7-8H,5-6H2,1-2H3,(H,17,18). The van der Waals surface area contributed by atoms with Gasteiger partial charge in [0, 0.05) is 10.4 Å². The fraction of sp³-hybridized carbons (Fsp3) is 0.250. The molecular formula is C16H15NO5S. The minimum atomic E-state index is -0.480. The van der Waals surface area contributed by atoms with E-state index in [1.165, 1.54) is 18.4 Å². The zero-order chi connectivity index (χ0) is 16.4. The average molecular weight is 333 g/mol. The van der Waals surface area contributed by atoms with Crippen molar-refractivity contribution in [3.8, 4) is 11.5 Å². The van der Waals surface area contributed by atoms with Crippen molar-refractivity contribution in [2.24, 2.45) is 0 Å². The number of carbonyl (C=O) groups is 2.